The molecule has 2 atom stereocenters. The summed E-state index contributed by atoms with van der Waals surface area (Å²) in [6, 6.07) is 12.5. The average molecular weight is 323 g/mol. The smallest absolute Gasteiger partial charge is 0.225 e. The van der Waals surface area contributed by atoms with E-state index in [9.17, 15) is 0 Å². The molecule has 1 aliphatic rings. The molecule has 2 heterocycles. The second kappa shape index (κ2) is 7.66. The van der Waals surface area contributed by atoms with Crippen LogP contribution in [-0.4, -0.2) is 29.1 Å². The minimum absolute atomic E-state index is 0.124. The lowest BCUT2D eigenvalue weighted by atomic mass is 10.1. The zero-order valence-electron chi connectivity index (χ0n) is 13.7. The van der Waals surface area contributed by atoms with Crippen LogP contribution in [0.5, 0.6) is 0 Å². The van der Waals surface area contributed by atoms with E-state index in [-0.39, 0.29) is 12.1 Å². The molecule has 7 heteroatoms. The van der Waals surface area contributed by atoms with Gasteiger partial charge in [-0.15, -0.1) is 0 Å². The zero-order valence-corrected chi connectivity index (χ0v) is 13.7. The van der Waals surface area contributed by atoms with Gasteiger partial charge in [0.25, 0.3) is 0 Å². The molecule has 1 fully saturated rings. The first-order valence-electron chi connectivity index (χ1n) is 8.20. The fourth-order valence-electron chi connectivity index (χ4n) is 3.06. The number of azide groups is 1. The lowest BCUT2D eigenvalue weighted by Gasteiger charge is -2.25. The predicted octanol–water partition coefficient (Wildman–Crippen LogP) is 3.93. The summed E-state index contributed by atoms with van der Waals surface area (Å²) >= 11 is 0. The molecule has 0 bridgehead atoms. The van der Waals surface area contributed by atoms with Crippen molar-refractivity contribution in [2.75, 3.05) is 23.3 Å². The number of rotatable bonds is 6. The minimum atomic E-state index is 0.124. The topological polar surface area (TPSA) is 89.8 Å². The second-order valence-corrected chi connectivity index (χ2v) is 5.92. The summed E-state index contributed by atoms with van der Waals surface area (Å²) in [5, 5.41) is 7.07. The van der Waals surface area contributed by atoms with Crippen LogP contribution in [0.25, 0.3) is 10.4 Å². The maximum atomic E-state index is 8.54. The van der Waals surface area contributed by atoms with Crippen molar-refractivity contribution in [3.8, 4) is 0 Å². The van der Waals surface area contributed by atoms with Crippen molar-refractivity contribution in [3.63, 3.8) is 0 Å². The maximum absolute atomic E-state index is 8.54. The minimum Gasteiger partial charge on any atom is -0.353 e. The van der Waals surface area contributed by atoms with Crippen LogP contribution in [0, 0.1) is 0 Å². The number of hydrogen-bond acceptors (Lipinski definition) is 5. The Morgan fingerprint density at radius 1 is 1.38 bits per heavy atom. The first-order chi connectivity index (χ1) is 11.8. The van der Waals surface area contributed by atoms with Crippen molar-refractivity contribution in [1.29, 1.82) is 0 Å². The Morgan fingerprint density at radius 2 is 2.21 bits per heavy atom. The van der Waals surface area contributed by atoms with Crippen molar-refractivity contribution in [1.82, 2.24) is 9.97 Å². The van der Waals surface area contributed by atoms with Crippen molar-refractivity contribution in [2.24, 2.45) is 5.11 Å². The molecule has 0 saturated carbocycles. The lowest BCUT2D eigenvalue weighted by Crippen LogP contribution is -2.32. The highest BCUT2D eigenvalue weighted by molar-refractivity contribution is 5.45. The summed E-state index contributed by atoms with van der Waals surface area (Å²) in [7, 11) is 0. The summed E-state index contributed by atoms with van der Waals surface area (Å²) in [5.74, 6) is 1.49. The summed E-state index contributed by atoms with van der Waals surface area (Å²) in [5.41, 5.74) is 9.73. The predicted molar refractivity (Wildman–Crippen MR) is 94.9 cm³/mol. The van der Waals surface area contributed by atoms with E-state index in [1.807, 2.05) is 24.3 Å². The molecule has 0 spiro atoms. The Labute approximate surface area is 141 Å². The highest BCUT2D eigenvalue weighted by Crippen LogP contribution is 2.25. The highest BCUT2D eigenvalue weighted by atomic mass is 15.3. The van der Waals surface area contributed by atoms with Crippen molar-refractivity contribution in [2.45, 2.75) is 31.8 Å². The number of nitrogens with zero attached hydrogens (tertiary/aromatic N) is 6. The van der Waals surface area contributed by atoms with E-state index in [4.69, 9.17) is 5.53 Å². The van der Waals surface area contributed by atoms with E-state index in [1.165, 1.54) is 5.56 Å². The third kappa shape index (κ3) is 3.75. The van der Waals surface area contributed by atoms with Gasteiger partial charge in [0, 0.05) is 30.2 Å². The van der Waals surface area contributed by atoms with E-state index in [1.54, 1.807) is 6.20 Å². The molecule has 3 rings (SSSR count). The Balaban J connectivity index is 1.73. The number of nitrogens with one attached hydrogen (secondary N) is 1. The molecule has 0 amide bonds. The molecule has 1 aromatic heterocycles. The summed E-state index contributed by atoms with van der Waals surface area (Å²) in [6.45, 7) is 3.49. The van der Waals surface area contributed by atoms with Crippen LogP contribution in [0.15, 0.2) is 47.7 Å². The standard InChI is InChI=1S/C17H21N7/c1-13(14-6-3-2-4-7-14)21-17-19-10-9-16(22-17)24-11-5-8-15(24)12-20-23-18/h2-4,6-7,9-10,13,15H,5,8,11-12H2,1H3,(H,19,21,22)/t13-,15-/m0/s1. The fourth-order valence-corrected chi connectivity index (χ4v) is 3.06. The van der Waals surface area contributed by atoms with Gasteiger partial charge in [-0.1, -0.05) is 35.4 Å². The van der Waals surface area contributed by atoms with Gasteiger partial charge in [-0.25, -0.2) is 4.98 Å². The number of anilines is 2. The van der Waals surface area contributed by atoms with Gasteiger partial charge in [-0.05, 0) is 36.9 Å². The fraction of sp³-hybridized carbons (Fsp3) is 0.412. The Morgan fingerprint density at radius 3 is 3.00 bits per heavy atom. The molecule has 1 N–H and O–H groups in total. The van der Waals surface area contributed by atoms with E-state index in [0.29, 0.717) is 12.5 Å². The molecule has 1 saturated heterocycles. The number of hydrogen-bond donors (Lipinski definition) is 1. The van der Waals surface area contributed by atoms with Crippen LogP contribution < -0.4 is 10.2 Å². The normalized spacial score (nSPS) is 18.0. The molecular weight excluding hydrogens is 302 g/mol. The molecule has 0 aliphatic carbocycles. The van der Waals surface area contributed by atoms with Gasteiger partial charge >= 0.3 is 0 Å². The Kier molecular flexibility index (Phi) is 5.13. The van der Waals surface area contributed by atoms with E-state index < -0.39 is 0 Å². The summed E-state index contributed by atoms with van der Waals surface area (Å²) < 4.78 is 0. The molecule has 1 aromatic carbocycles. The van der Waals surface area contributed by atoms with Gasteiger partial charge in [0.1, 0.15) is 5.82 Å². The number of aromatic nitrogens is 2. The summed E-state index contributed by atoms with van der Waals surface area (Å²) in [6.07, 6.45) is 3.87. The largest absolute Gasteiger partial charge is 0.353 e. The van der Waals surface area contributed by atoms with Gasteiger partial charge in [0.15, 0.2) is 0 Å². The van der Waals surface area contributed by atoms with Crippen LogP contribution in [0.2, 0.25) is 0 Å². The monoisotopic (exact) mass is 323 g/mol. The van der Waals surface area contributed by atoms with Crippen LogP contribution >= 0.6 is 0 Å². The maximum Gasteiger partial charge on any atom is 0.225 e. The van der Waals surface area contributed by atoms with Gasteiger partial charge in [-0.3, -0.25) is 0 Å². The van der Waals surface area contributed by atoms with Crippen molar-refractivity contribution >= 4 is 11.8 Å². The van der Waals surface area contributed by atoms with Gasteiger partial charge < -0.3 is 10.2 Å². The zero-order chi connectivity index (χ0) is 16.8. The Bertz CT molecular complexity index is 712. The van der Waals surface area contributed by atoms with Crippen molar-refractivity contribution < 1.29 is 0 Å². The molecular formula is C17H21N7. The highest BCUT2D eigenvalue weighted by Gasteiger charge is 2.25. The van der Waals surface area contributed by atoms with E-state index in [2.05, 4.69) is 49.3 Å². The first-order valence-corrected chi connectivity index (χ1v) is 8.20. The van der Waals surface area contributed by atoms with Gasteiger partial charge in [0.2, 0.25) is 5.95 Å². The summed E-state index contributed by atoms with van der Waals surface area (Å²) in [4.78, 5) is 14.1. The SMILES string of the molecule is C[C@H](Nc1nccc(N2CCC[C@H]2CN=[N+]=[N-])n1)c1ccccc1. The molecule has 124 valence electrons. The number of benzene rings is 1. The Hall–Kier alpha value is -2.79. The average Bonchev–Trinajstić information content (AvgIpc) is 3.09. The van der Waals surface area contributed by atoms with Crippen LogP contribution in [0.4, 0.5) is 11.8 Å². The van der Waals surface area contributed by atoms with Gasteiger partial charge in [0.05, 0.1) is 6.04 Å². The molecule has 7 nitrogen and oxygen atoms in total. The molecule has 0 unspecified atom stereocenters. The lowest BCUT2D eigenvalue weighted by molar-refractivity contribution is 0.668. The second-order valence-electron chi connectivity index (χ2n) is 5.92. The quantitative estimate of drug-likeness (QED) is 0.495. The molecule has 24 heavy (non-hydrogen) atoms. The van der Waals surface area contributed by atoms with Crippen molar-refractivity contribution in [3.05, 3.63) is 58.6 Å². The molecule has 2 aromatic rings. The van der Waals surface area contributed by atoms with Crippen LogP contribution in [0.1, 0.15) is 31.4 Å². The molecule has 1 aliphatic heterocycles. The van der Waals surface area contributed by atoms with Crippen LogP contribution in [0.3, 0.4) is 0 Å². The van der Waals surface area contributed by atoms with E-state index in [0.717, 1.165) is 25.2 Å². The van der Waals surface area contributed by atoms with E-state index >= 15 is 0 Å². The van der Waals surface area contributed by atoms with Crippen LogP contribution in [-0.2, 0) is 0 Å². The van der Waals surface area contributed by atoms with Gasteiger partial charge in [-0.2, -0.15) is 4.98 Å². The third-order valence-corrected chi connectivity index (χ3v) is 4.31. The third-order valence-electron chi connectivity index (χ3n) is 4.31. The first kappa shape index (κ1) is 16.1. The molecule has 0 radical (unpaired) electrons.